The molecule has 21 heavy (non-hydrogen) atoms. The van der Waals surface area contributed by atoms with Crippen molar-refractivity contribution in [3.63, 3.8) is 0 Å². The largest absolute Gasteiger partial charge is 0.445 e. The molecule has 0 aliphatic carbocycles. The number of carbonyl (C=O) groups excluding carboxylic acids is 1. The van der Waals surface area contributed by atoms with E-state index in [4.69, 9.17) is 10.5 Å². The Morgan fingerprint density at radius 1 is 1.24 bits per heavy atom. The number of rotatable bonds is 3. The SMILES string of the molecule is NC1CN([C@@H]2CCCN(C(=O)OCc3ccccc3)C2)C1. The zero-order valence-electron chi connectivity index (χ0n) is 12.3. The molecule has 2 saturated heterocycles. The smallest absolute Gasteiger partial charge is 0.410 e. The van der Waals surface area contributed by atoms with E-state index in [2.05, 4.69) is 4.90 Å². The van der Waals surface area contributed by atoms with E-state index in [1.165, 1.54) is 0 Å². The van der Waals surface area contributed by atoms with Gasteiger partial charge in [-0.3, -0.25) is 4.90 Å². The molecule has 5 heteroatoms. The molecule has 1 atom stereocenters. The van der Waals surface area contributed by atoms with Crippen molar-refractivity contribution in [2.75, 3.05) is 26.2 Å². The molecule has 1 aromatic rings. The first-order valence-corrected chi connectivity index (χ1v) is 7.67. The van der Waals surface area contributed by atoms with E-state index in [0.717, 1.165) is 44.6 Å². The lowest BCUT2D eigenvalue weighted by Gasteiger charge is -2.46. The fourth-order valence-corrected chi connectivity index (χ4v) is 3.08. The van der Waals surface area contributed by atoms with Gasteiger partial charge in [-0.1, -0.05) is 30.3 Å². The minimum atomic E-state index is -0.201. The van der Waals surface area contributed by atoms with Crippen LogP contribution in [-0.4, -0.2) is 54.2 Å². The van der Waals surface area contributed by atoms with Crippen LogP contribution in [0.2, 0.25) is 0 Å². The number of piperidine rings is 1. The van der Waals surface area contributed by atoms with Crippen LogP contribution in [0.3, 0.4) is 0 Å². The number of amides is 1. The van der Waals surface area contributed by atoms with Crippen molar-refractivity contribution in [3.8, 4) is 0 Å². The minimum absolute atomic E-state index is 0.201. The Balaban J connectivity index is 1.48. The summed E-state index contributed by atoms with van der Waals surface area (Å²) in [7, 11) is 0. The Hall–Kier alpha value is -1.59. The number of ether oxygens (including phenoxy) is 1. The molecule has 2 fully saturated rings. The Morgan fingerprint density at radius 2 is 2.00 bits per heavy atom. The summed E-state index contributed by atoms with van der Waals surface area (Å²) in [5.41, 5.74) is 6.86. The van der Waals surface area contributed by atoms with Crippen LogP contribution in [0.4, 0.5) is 4.79 Å². The van der Waals surface area contributed by atoms with Crippen LogP contribution in [0.1, 0.15) is 18.4 Å². The van der Waals surface area contributed by atoms with Crippen molar-refractivity contribution in [1.82, 2.24) is 9.80 Å². The maximum Gasteiger partial charge on any atom is 0.410 e. The quantitative estimate of drug-likeness (QED) is 0.914. The highest BCUT2D eigenvalue weighted by molar-refractivity contribution is 5.67. The molecule has 0 aromatic heterocycles. The van der Waals surface area contributed by atoms with Gasteiger partial charge in [-0.25, -0.2) is 4.79 Å². The second-order valence-corrected chi connectivity index (χ2v) is 6.00. The van der Waals surface area contributed by atoms with Gasteiger partial charge >= 0.3 is 6.09 Å². The Labute approximate surface area is 125 Å². The second-order valence-electron chi connectivity index (χ2n) is 6.00. The number of benzene rings is 1. The predicted molar refractivity (Wildman–Crippen MR) is 80.8 cm³/mol. The first-order valence-electron chi connectivity index (χ1n) is 7.67. The molecular weight excluding hydrogens is 266 g/mol. The Kier molecular flexibility index (Phi) is 4.41. The molecule has 0 spiro atoms. The van der Waals surface area contributed by atoms with Gasteiger partial charge in [-0.15, -0.1) is 0 Å². The van der Waals surface area contributed by atoms with Crippen LogP contribution in [0.5, 0.6) is 0 Å². The van der Waals surface area contributed by atoms with Gasteiger partial charge in [0.2, 0.25) is 0 Å². The molecule has 1 amide bonds. The molecular formula is C16H23N3O2. The molecule has 114 valence electrons. The molecule has 2 aliphatic heterocycles. The van der Waals surface area contributed by atoms with E-state index in [9.17, 15) is 4.79 Å². The van der Waals surface area contributed by atoms with Gasteiger partial charge in [0.1, 0.15) is 6.61 Å². The lowest BCUT2D eigenvalue weighted by molar-refractivity contribution is 0.0309. The van der Waals surface area contributed by atoms with Gasteiger partial charge in [0, 0.05) is 38.3 Å². The number of nitrogens with zero attached hydrogens (tertiary/aromatic N) is 2. The monoisotopic (exact) mass is 289 g/mol. The highest BCUT2D eigenvalue weighted by atomic mass is 16.6. The van der Waals surface area contributed by atoms with Crippen LogP contribution in [-0.2, 0) is 11.3 Å². The summed E-state index contributed by atoms with van der Waals surface area (Å²) in [6.07, 6.45) is 1.99. The summed E-state index contributed by atoms with van der Waals surface area (Å²) < 4.78 is 5.41. The van der Waals surface area contributed by atoms with Gasteiger partial charge in [-0.2, -0.15) is 0 Å². The molecule has 0 bridgehead atoms. The van der Waals surface area contributed by atoms with Crippen molar-refractivity contribution in [2.45, 2.75) is 31.5 Å². The second kappa shape index (κ2) is 6.45. The van der Waals surface area contributed by atoms with Crippen molar-refractivity contribution in [1.29, 1.82) is 0 Å². The molecule has 1 aromatic carbocycles. The van der Waals surface area contributed by atoms with E-state index >= 15 is 0 Å². The average Bonchev–Trinajstić information content (AvgIpc) is 2.50. The third-order valence-corrected chi connectivity index (χ3v) is 4.31. The topological polar surface area (TPSA) is 58.8 Å². The maximum atomic E-state index is 12.2. The zero-order chi connectivity index (χ0) is 14.7. The molecule has 3 rings (SSSR count). The Bertz CT molecular complexity index is 474. The number of carbonyl (C=O) groups is 1. The fraction of sp³-hybridized carbons (Fsp3) is 0.562. The predicted octanol–water partition coefficient (Wildman–Crippen LogP) is 1.43. The lowest BCUT2D eigenvalue weighted by atomic mass is 9.99. The lowest BCUT2D eigenvalue weighted by Crippen LogP contribution is -2.62. The van der Waals surface area contributed by atoms with Gasteiger partial charge in [0.25, 0.3) is 0 Å². The van der Waals surface area contributed by atoms with E-state index in [0.29, 0.717) is 18.7 Å². The van der Waals surface area contributed by atoms with Gasteiger partial charge in [0.15, 0.2) is 0 Å². The van der Waals surface area contributed by atoms with Gasteiger partial charge in [-0.05, 0) is 18.4 Å². The van der Waals surface area contributed by atoms with Crippen molar-refractivity contribution in [3.05, 3.63) is 35.9 Å². The number of nitrogens with two attached hydrogens (primary N) is 1. The summed E-state index contributed by atoms with van der Waals surface area (Å²) in [6.45, 7) is 3.81. The van der Waals surface area contributed by atoms with Gasteiger partial charge in [0.05, 0.1) is 0 Å². The zero-order valence-corrected chi connectivity index (χ0v) is 12.3. The highest BCUT2D eigenvalue weighted by Crippen LogP contribution is 2.21. The van der Waals surface area contributed by atoms with Crippen molar-refractivity contribution >= 4 is 6.09 Å². The first kappa shape index (κ1) is 14.4. The third kappa shape index (κ3) is 3.54. The standard InChI is InChI=1S/C16H23N3O2/c17-14-9-19(10-14)15-7-4-8-18(11-15)16(20)21-12-13-5-2-1-3-6-13/h1-3,5-6,14-15H,4,7-12,17H2/t15-/m1/s1. The van der Waals surface area contributed by atoms with E-state index in [-0.39, 0.29) is 6.09 Å². The Morgan fingerprint density at radius 3 is 2.71 bits per heavy atom. The molecule has 0 radical (unpaired) electrons. The minimum Gasteiger partial charge on any atom is -0.445 e. The summed E-state index contributed by atoms with van der Waals surface area (Å²) in [6, 6.07) is 10.5. The molecule has 2 heterocycles. The highest BCUT2D eigenvalue weighted by Gasteiger charge is 2.34. The summed E-state index contributed by atoms with van der Waals surface area (Å²) in [4.78, 5) is 16.4. The number of likely N-dealkylation sites (tertiary alicyclic amines) is 2. The summed E-state index contributed by atoms with van der Waals surface area (Å²) in [5.74, 6) is 0. The van der Waals surface area contributed by atoms with E-state index < -0.39 is 0 Å². The van der Waals surface area contributed by atoms with Crippen molar-refractivity contribution in [2.24, 2.45) is 5.73 Å². The molecule has 0 unspecified atom stereocenters. The molecule has 0 saturated carbocycles. The van der Waals surface area contributed by atoms with E-state index in [1.54, 1.807) is 0 Å². The number of hydrogen-bond acceptors (Lipinski definition) is 4. The average molecular weight is 289 g/mol. The molecule has 2 N–H and O–H groups in total. The number of hydrogen-bond donors (Lipinski definition) is 1. The first-order chi connectivity index (χ1) is 10.2. The van der Waals surface area contributed by atoms with Gasteiger partial charge < -0.3 is 15.4 Å². The van der Waals surface area contributed by atoms with Crippen LogP contribution in [0, 0.1) is 0 Å². The van der Waals surface area contributed by atoms with Crippen LogP contribution in [0.15, 0.2) is 30.3 Å². The maximum absolute atomic E-state index is 12.2. The third-order valence-electron chi connectivity index (χ3n) is 4.31. The van der Waals surface area contributed by atoms with Crippen LogP contribution >= 0.6 is 0 Å². The van der Waals surface area contributed by atoms with Crippen LogP contribution < -0.4 is 5.73 Å². The normalized spacial score (nSPS) is 23.7. The van der Waals surface area contributed by atoms with Crippen molar-refractivity contribution < 1.29 is 9.53 Å². The summed E-state index contributed by atoms with van der Waals surface area (Å²) in [5, 5.41) is 0. The van der Waals surface area contributed by atoms with E-state index in [1.807, 2.05) is 35.2 Å². The summed E-state index contributed by atoms with van der Waals surface area (Å²) >= 11 is 0. The molecule has 2 aliphatic rings. The molecule has 5 nitrogen and oxygen atoms in total. The fourth-order valence-electron chi connectivity index (χ4n) is 3.08. The van der Waals surface area contributed by atoms with Crippen LogP contribution in [0.25, 0.3) is 0 Å².